The van der Waals surface area contributed by atoms with E-state index in [2.05, 4.69) is 10.3 Å². The quantitative estimate of drug-likeness (QED) is 0.328. The van der Waals surface area contributed by atoms with Gasteiger partial charge in [0.1, 0.15) is 0 Å². The molecule has 0 amide bonds. The third-order valence-corrected chi connectivity index (χ3v) is 1.06. The lowest BCUT2D eigenvalue weighted by molar-refractivity contribution is -0.0933. The van der Waals surface area contributed by atoms with E-state index in [4.69, 9.17) is 10.7 Å². The molecule has 10 heavy (non-hydrogen) atoms. The van der Waals surface area contributed by atoms with Crippen molar-refractivity contribution in [1.82, 2.24) is 5.48 Å². The topological polar surface area (TPSA) is 56.5 Å². The molecule has 1 atom stereocenters. The smallest absolute Gasteiger partial charge is 0.150 e. The van der Waals surface area contributed by atoms with E-state index in [1.807, 2.05) is 13.8 Å². The molecule has 0 heterocycles. The van der Waals surface area contributed by atoms with Gasteiger partial charge in [0.25, 0.3) is 0 Å². The van der Waals surface area contributed by atoms with Gasteiger partial charge in [-0.05, 0) is 12.8 Å². The first-order valence-electron chi connectivity index (χ1n) is 3.58. The average Bonchev–Trinajstić information content (AvgIpc) is 1.99. The molecule has 0 saturated carbocycles. The van der Waals surface area contributed by atoms with Gasteiger partial charge >= 0.3 is 0 Å². The summed E-state index contributed by atoms with van der Waals surface area (Å²) in [6.07, 6.45) is 1.58. The summed E-state index contributed by atoms with van der Waals surface area (Å²) in [6, 6.07) is 0. The van der Waals surface area contributed by atoms with Crippen molar-refractivity contribution in [2.45, 2.75) is 32.9 Å². The summed E-state index contributed by atoms with van der Waals surface area (Å²) < 4.78 is 0. The van der Waals surface area contributed by atoms with E-state index in [1.54, 1.807) is 0 Å². The largest absolute Gasteiger partial charge is 0.299 e. The van der Waals surface area contributed by atoms with Gasteiger partial charge in [-0.3, -0.25) is 9.68 Å². The van der Waals surface area contributed by atoms with Gasteiger partial charge in [0.05, 0.1) is 6.61 Å². The van der Waals surface area contributed by atoms with E-state index in [1.165, 1.54) is 0 Å². The molecule has 3 N–H and O–H groups in total. The van der Waals surface area contributed by atoms with Crippen LogP contribution in [0.25, 0.3) is 0 Å². The molecule has 0 rings (SSSR count). The zero-order chi connectivity index (χ0) is 7.82. The van der Waals surface area contributed by atoms with Gasteiger partial charge in [0.15, 0.2) is 6.23 Å². The van der Waals surface area contributed by atoms with Crippen molar-refractivity contribution in [3.8, 4) is 0 Å². The van der Waals surface area contributed by atoms with Crippen molar-refractivity contribution < 1.29 is 9.68 Å². The number of hydrogen-bond donors (Lipinski definition) is 2. The van der Waals surface area contributed by atoms with Crippen molar-refractivity contribution in [3.63, 3.8) is 0 Å². The Morgan fingerprint density at radius 3 is 2.60 bits per heavy atom. The normalized spacial score (nSPS) is 13.5. The van der Waals surface area contributed by atoms with E-state index in [9.17, 15) is 0 Å². The third kappa shape index (κ3) is 4.69. The maximum absolute atomic E-state index is 4.97. The zero-order valence-electron chi connectivity index (χ0n) is 6.59. The lowest BCUT2D eigenvalue weighted by Crippen LogP contribution is -2.33. The summed E-state index contributed by atoms with van der Waals surface area (Å²) in [7, 11) is 0. The Balaban J connectivity index is 3.09. The fourth-order valence-corrected chi connectivity index (χ4v) is 0.461. The molecular weight excluding hydrogens is 132 g/mol. The standard InChI is InChI=1S/C6H16N2O2/c1-3-5-9-8-6(4-2)10-7/h6,8H,3-5,7H2,1-2H3. The number of rotatable bonds is 6. The van der Waals surface area contributed by atoms with Crippen LogP contribution in [0.4, 0.5) is 0 Å². The second kappa shape index (κ2) is 6.95. The van der Waals surface area contributed by atoms with Crippen LogP contribution in [0.1, 0.15) is 26.7 Å². The molecular formula is C6H16N2O2. The van der Waals surface area contributed by atoms with Crippen molar-refractivity contribution >= 4 is 0 Å². The van der Waals surface area contributed by atoms with Crippen LogP contribution in [0, 0.1) is 0 Å². The minimum atomic E-state index is -0.188. The molecule has 62 valence electrons. The molecule has 1 unspecified atom stereocenters. The maximum Gasteiger partial charge on any atom is 0.150 e. The van der Waals surface area contributed by atoms with Crippen molar-refractivity contribution in [2.24, 2.45) is 5.90 Å². The van der Waals surface area contributed by atoms with E-state index >= 15 is 0 Å². The van der Waals surface area contributed by atoms with Gasteiger partial charge in [-0.15, -0.1) is 0 Å². The molecule has 4 heteroatoms. The highest BCUT2D eigenvalue weighted by Gasteiger charge is 2.01. The fourth-order valence-electron chi connectivity index (χ4n) is 0.461. The number of nitrogens with one attached hydrogen (secondary N) is 1. The SMILES string of the molecule is CCCONC(CC)ON. The summed E-state index contributed by atoms with van der Waals surface area (Å²) in [5.74, 6) is 4.92. The van der Waals surface area contributed by atoms with Crippen molar-refractivity contribution in [1.29, 1.82) is 0 Å². The fraction of sp³-hybridized carbons (Fsp3) is 1.00. The summed E-state index contributed by atoms with van der Waals surface area (Å²) in [4.78, 5) is 9.48. The molecule has 4 nitrogen and oxygen atoms in total. The van der Waals surface area contributed by atoms with Crippen LogP contribution in [0.15, 0.2) is 0 Å². The lowest BCUT2D eigenvalue weighted by Gasteiger charge is -2.12. The monoisotopic (exact) mass is 148 g/mol. The number of nitrogens with two attached hydrogens (primary N) is 1. The van der Waals surface area contributed by atoms with Gasteiger partial charge in [-0.25, -0.2) is 5.90 Å². The van der Waals surface area contributed by atoms with Crippen LogP contribution in [0.2, 0.25) is 0 Å². The first-order valence-corrected chi connectivity index (χ1v) is 3.58. The Kier molecular flexibility index (Phi) is 6.84. The van der Waals surface area contributed by atoms with E-state index in [0.717, 1.165) is 12.8 Å². The molecule has 0 aromatic rings. The Morgan fingerprint density at radius 2 is 2.20 bits per heavy atom. The highest BCUT2D eigenvalue weighted by atomic mass is 16.7. The molecule has 0 fully saturated rings. The molecule has 0 aliphatic rings. The predicted molar refractivity (Wildman–Crippen MR) is 38.7 cm³/mol. The predicted octanol–water partition coefficient (Wildman–Crippen LogP) is 0.544. The van der Waals surface area contributed by atoms with Crippen LogP contribution in [0.3, 0.4) is 0 Å². The highest BCUT2D eigenvalue weighted by Crippen LogP contribution is 1.88. The van der Waals surface area contributed by atoms with Gasteiger partial charge in [-0.2, -0.15) is 5.48 Å². The Hall–Kier alpha value is -0.160. The second-order valence-electron chi connectivity index (χ2n) is 2.00. The van der Waals surface area contributed by atoms with E-state index < -0.39 is 0 Å². The van der Waals surface area contributed by atoms with Gasteiger partial charge in [-0.1, -0.05) is 13.8 Å². The van der Waals surface area contributed by atoms with Crippen molar-refractivity contribution in [2.75, 3.05) is 6.61 Å². The molecule has 0 bridgehead atoms. The second-order valence-corrected chi connectivity index (χ2v) is 2.00. The average molecular weight is 148 g/mol. The maximum atomic E-state index is 4.97. The molecule has 0 saturated heterocycles. The molecule has 0 aliphatic heterocycles. The minimum absolute atomic E-state index is 0.188. The molecule has 0 radical (unpaired) electrons. The van der Waals surface area contributed by atoms with E-state index in [-0.39, 0.29) is 6.23 Å². The third-order valence-electron chi connectivity index (χ3n) is 1.06. The summed E-state index contributed by atoms with van der Waals surface area (Å²) in [5.41, 5.74) is 2.67. The van der Waals surface area contributed by atoms with Crippen LogP contribution in [-0.2, 0) is 9.68 Å². The van der Waals surface area contributed by atoms with Gasteiger partial charge in [0, 0.05) is 0 Å². The number of hydrogen-bond acceptors (Lipinski definition) is 4. The van der Waals surface area contributed by atoms with Crippen LogP contribution < -0.4 is 11.4 Å². The van der Waals surface area contributed by atoms with E-state index in [0.29, 0.717) is 6.61 Å². The molecule has 0 aromatic heterocycles. The van der Waals surface area contributed by atoms with Crippen LogP contribution >= 0.6 is 0 Å². The van der Waals surface area contributed by atoms with Crippen molar-refractivity contribution in [3.05, 3.63) is 0 Å². The highest BCUT2D eigenvalue weighted by molar-refractivity contribution is 4.39. The van der Waals surface area contributed by atoms with Gasteiger partial charge in [0.2, 0.25) is 0 Å². The first-order chi connectivity index (χ1) is 4.85. The lowest BCUT2D eigenvalue weighted by atomic mass is 10.4. The molecule has 0 aromatic carbocycles. The van der Waals surface area contributed by atoms with Crippen LogP contribution in [-0.4, -0.2) is 12.8 Å². The molecule has 0 spiro atoms. The Bertz CT molecular complexity index is 66.8. The summed E-state index contributed by atoms with van der Waals surface area (Å²) >= 11 is 0. The summed E-state index contributed by atoms with van der Waals surface area (Å²) in [5, 5.41) is 0. The first kappa shape index (κ1) is 9.84. The minimum Gasteiger partial charge on any atom is -0.299 e. The number of hydroxylamine groups is 1. The zero-order valence-corrected chi connectivity index (χ0v) is 6.59. The molecule has 0 aliphatic carbocycles. The Labute approximate surface area is 61.6 Å². The Morgan fingerprint density at radius 1 is 1.50 bits per heavy atom. The van der Waals surface area contributed by atoms with Crippen LogP contribution in [0.5, 0.6) is 0 Å². The van der Waals surface area contributed by atoms with Gasteiger partial charge < -0.3 is 0 Å². The summed E-state index contributed by atoms with van der Waals surface area (Å²) in [6.45, 7) is 4.67.